The number of halogens is 5. The molecule has 2 N–H and O–H groups in total. The first-order valence-corrected chi connectivity index (χ1v) is 12.7. The molecule has 14 heteroatoms. The molecule has 36 heavy (non-hydrogen) atoms. The molecule has 3 aromatic rings. The maximum atomic E-state index is 12.9. The van der Waals surface area contributed by atoms with Gasteiger partial charge in [-0.3, -0.25) is 4.79 Å². The predicted octanol–water partition coefficient (Wildman–Crippen LogP) is 5.52. The van der Waals surface area contributed by atoms with Crippen molar-refractivity contribution in [3.8, 4) is 5.75 Å². The summed E-state index contributed by atoms with van der Waals surface area (Å²) in [5.74, 6) is -0.459. The van der Waals surface area contributed by atoms with E-state index in [1.165, 1.54) is 25.5 Å². The predicted molar refractivity (Wildman–Crippen MR) is 141 cm³/mol. The Balaban J connectivity index is 1.54. The van der Waals surface area contributed by atoms with Crippen LogP contribution >= 0.6 is 49.9 Å². The molecule has 1 heterocycles. The first-order chi connectivity index (χ1) is 17.0. The fraction of sp³-hybridized carbons (Fsp3) is 0.182. The van der Waals surface area contributed by atoms with Gasteiger partial charge in [0.05, 0.1) is 39.0 Å². The third-order valence-corrected chi connectivity index (χ3v) is 6.52. The summed E-state index contributed by atoms with van der Waals surface area (Å²) in [5.41, 5.74) is 2.97. The van der Waals surface area contributed by atoms with Crippen molar-refractivity contribution in [2.24, 2.45) is 5.10 Å². The van der Waals surface area contributed by atoms with Gasteiger partial charge in [0, 0.05) is 11.1 Å². The Morgan fingerprint density at radius 1 is 1.28 bits per heavy atom. The van der Waals surface area contributed by atoms with Crippen molar-refractivity contribution in [1.82, 2.24) is 10.4 Å². The quantitative estimate of drug-likeness (QED) is 0.132. The molecule has 0 radical (unpaired) electrons. The molecule has 0 atom stereocenters. The zero-order valence-corrected chi connectivity index (χ0v) is 22.9. The van der Waals surface area contributed by atoms with Crippen molar-refractivity contribution >= 4 is 78.8 Å². The molecule has 0 saturated heterocycles. The highest BCUT2D eigenvalue weighted by Crippen LogP contribution is 2.32. The molecule has 3 rings (SSSR count). The summed E-state index contributed by atoms with van der Waals surface area (Å²) < 4.78 is 49.9. The lowest BCUT2D eigenvalue weighted by Gasteiger charge is -2.10. The highest BCUT2D eigenvalue weighted by Gasteiger charge is 2.30. The summed E-state index contributed by atoms with van der Waals surface area (Å²) in [6.45, 7) is -0.234. The van der Waals surface area contributed by atoms with Gasteiger partial charge in [0.15, 0.2) is 11.7 Å². The number of thiazole rings is 1. The van der Waals surface area contributed by atoms with Crippen LogP contribution in [0.4, 0.5) is 24.0 Å². The molecule has 0 bridgehead atoms. The number of ether oxygens (including phenoxy) is 2. The normalized spacial score (nSPS) is 11.4. The number of nitrogens with one attached hydrogen (secondary N) is 2. The third kappa shape index (κ3) is 8.16. The van der Waals surface area contributed by atoms with Gasteiger partial charge in [-0.25, -0.2) is 15.2 Å². The van der Waals surface area contributed by atoms with Crippen molar-refractivity contribution in [1.29, 1.82) is 0 Å². The number of nitrogens with zero attached hydrogens (tertiary/aromatic N) is 2. The number of carbonyl (C=O) groups is 2. The Labute approximate surface area is 229 Å². The second-order valence-corrected chi connectivity index (χ2v) is 9.87. The molecular formula is C22H17BrF3IN4O4S. The lowest BCUT2D eigenvalue weighted by atomic mass is 10.2. The zero-order valence-electron chi connectivity index (χ0n) is 18.4. The average Bonchev–Trinajstić information content (AvgIpc) is 3.24. The standard InChI is InChI=1S/C22H17BrF3IN4O4S/c1-34-19(33)10-35-20-16(23)5-12(6-17(20)27)9-28-31-18(32)8-15-11-36-21(30-15)29-14-4-2-3-13(7-14)22(24,25)26/h2-7,9,11H,8,10H2,1H3,(H,29,30)(H,31,32)/b28-9-. The molecule has 0 aliphatic carbocycles. The van der Waals surface area contributed by atoms with Gasteiger partial charge in [0.1, 0.15) is 5.75 Å². The van der Waals surface area contributed by atoms with Gasteiger partial charge in [0.25, 0.3) is 0 Å². The third-order valence-electron chi connectivity index (χ3n) is 4.32. The number of anilines is 2. The molecular weight excluding hydrogens is 680 g/mol. The van der Waals surface area contributed by atoms with Crippen LogP contribution in [0.1, 0.15) is 16.8 Å². The lowest BCUT2D eigenvalue weighted by molar-refractivity contribution is -0.143. The van der Waals surface area contributed by atoms with Crippen molar-refractivity contribution in [2.75, 3.05) is 19.0 Å². The summed E-state index contributed by atoms with van der Waals surface area (Å²) in [5, 5.41) is 8.73. The number of hydrazone groups is 1. The monoisotopic (exact) mass is 696 g/mol. The molecule has 190 valence electrons. The van der Waals surface area contributed by atoms with Crippen LogP contribution < -0.4 is 15.5 Å². The fourth-order valence-corrected chi connectivity index (χ4v) is 5.21. The van der Waals surface area contributed by atoms with Crippen LogP contribution in [-0.4, -0.2) is 36.8 Å². The second kappa shape index (κ2) is 12.5. The number of aromatic nitrogens is 1. The first kappa shape index (κ1) is 27.9. The van der Waals surface area contributed by atoms with Crippen molar-refractivity contribution in [2.45, 2.75) is 12.6 Å². The number of benzene rings is 2. The Bertz CT molecular complexity index is 1260. The molecule has 0 aliphatic rings. The lowest BCUT2D eigenvalue weighted by Crippen LogP contribution is -2.20. The summed E-state index contributed by atoms with van der Waals surface area (Å²) in [6, 6.07) is 8.22. The van der Waals surface area contributed by atoms with E-state index in [-0.39, 0.29) is 18.7 Å². The minimum atomic E-state index is -4.45. The van der Waals surface area contributed by atoms with Gasteiger partial charge >= 0.3 is 12.1 Å². The van der Waals surface area contributed by atoms with Crippen LogP contribution in [-0.2, 0) is 26.9 Å². The Kier molecular flexibility index (Phi) is 9.67. The first-order valence-electron chi connectivity index (χ1n) is 9.94. The van der Waals surface area contributed by atoms with Gasteiger partial charge in [-0.1, -0.05) is 6.07 Å². The van der Waals surface area contributed by atoms with E-state index >= 15 is 0 Å². The maximum absolute atomic E-state index is 12.9. The summed E-state index contributed by atoms with van der Waals surface area (Å²) in [4.78, 5) is 27.7. The highest BCUT2D eigenvalue weighted by molar-refractivity contribution is 14.1. The van der Waals surface area contributed by atoms with Crippen LogP contribution in [0.25, 0.3) is 0 Å². The largest absolute Gasteiger partial charge is 0.480 e. The molecule has 1 amide bonds. The molecule has 0 unspecified atom stereocenters. The highest BCUT2D eigenvalue weighted by atomic mass is 127. The van der Waals surface area contributed by atoms with Crippen LogP contribution in [0.15, 0.2) is 51.4 Å². The number of carbonyl (C=O) groups excluding carboxylic acids is 2. The number of rotatable bonds is 9. The topological polar surface area (TPSA) is 102 Å². The Morgan fingerprint density at radius 2 is 2.06 bits per heavy atom. The fourth-order valence-electron chi connectivity index (χ4n) is 2.71. The Hall–Kier alpha value is -2.72. The SMILES string of the molecule is COC(=O)COc1c(Br)cc(/C=N\NC(=O)Cc2csc(Nc3cccc(C(F)(F)F)c3)n2)cc1I. The molecule has 0 aliphatic heterocycles. The van der Waals surface area contributed by atoms with E-state index in [2.05, 4.69) is 41.5 Å². The maximum Gasteiger partial charge on any atom is 0.416 e. The summed E-state index contributed by atoms with van der Waals surface area (Å²) in [7, 11) is 1.27. The minimum absolute atomic E-state index is 0.0698. The molecule has 0 saturated carbocycles. The number of methoxy groups -OCH3 is 1. The van der Waals surface area contributed by atoms with Gasteiger partial charge in [0.2, 0.25) is 5.91 Å². The second-order valence-electron chi connectivity index (χ2n) is 7.00. The van der Waals surface area contributed by atoms with Crippen LogP contribution in [0, 0.1) is 3.57 Å². The van der Waals surface area contributed by atoms with Crippen molar-refractivity contribution in [3.63, 3.8) is 0 Å². The van der Waals surface area contributed by atoms with Crippen LogP contribution in [0.3, 0.4) is 0 Å². The van der Waals surface area contributed by atoms with E-state index in [0.717, 1.165) is 23.5 Å². The summed E-state index contributed by atoms with van der Waals surface area (Å²) >= 11 is 6.58. The summed E-state index contributed by atoms with van der Waals surface area (Å²) in [6.07, 6.45) is -3.07. The van der Waals surface area contributed by atoms with Crippen LogP contribution in [0.2, 0.25) is 0 Å². The zero-order chi connectivity index (χ0) is 26.3. The molecule has 1 aromatic heterocycles. The van der Waals surface area contributed by atoms with Gasteiger partial charge in [-0.15, -0.1) is 11.3 Å². The molecule has 0 fully saturated rings. The van der Waals surface area contributed by atoms with E-state index in [1.54, 1.807) is 17.5 Å². The van der Waals surface area contributed by atoms with E-state index in [0.29, 0.717) is 30.2 Å². The van der Waals surface area contributed by atoms with Crippen LogP contribution in [0.5, 0.6) is 5.75 Å². The number of esters is 1. The number of hydrogen-bond acceptors (Lipinski definition) is 8. The van der Waals surface area contributed by atoms with Crippen molar-refractivity contribution in [3.05, 3.63) is 66.6 Å². The smallest absolute Gasteiger partial charge is 0.416 e. The Morgan fingerprint density at radius 3 is 2.75 bits per heavy atom. The molecule has 2 aromatic carbocycles. The number of alkyl halides is 3. The number of hydrogen-bond donors (Lipinski definition) is 2. The van der Waals surface area contributed by atoms with Crippen molar-refractivity contribution < 1.29 is 32.2 Å². The van der Waals surface area contributed by atoms with E-state index in [9.17, 15) is 22.8 Å². The number of amides is 1. The van der Waals surface area contributed by atoms with Gasteiger partial charge < -0.3 is 14.8 Å². The minimum Gasteiger partial charge on any atom is -0.480 e. The molecule has 0 spiro atoms. The van der Waals surface area contributed by atoms with E-state index in [1.807, 2.05) is 22.6 Å². The van der Waals surface area contributed by atoms with Gasteiger partial charge in [-0.2, -0.15) is 18.3 Å². The molecule has 8 nitrogen and oxygen atoms in total. The van der Waals surface area contributed by atoms with E-state index < -0.39 is 23.6 Å². The average molecular weight is 697 g/mol. The van der Waals surface area contributed by atoms with E-state index in [4.69, 9.17) is 4.74 Å². The van der Waals surface area contributed by atoms with Gasteiger partial charge in [-0.05, 0) is 74.4 Å².